The Kier molecular flexibility index (Phi) is 6.46. The van der Waals surface area contributed by atoms with Crippen LogP contribution in [0.5, 0.6) is 0 Å². The summed E-state index contributed by atoms with van der Waals surface area (Å²) in [6, 6.07) is 21.1. The largest absolute Gasteiger partial charge is 0.384 e. The van der Waals surface area contributed by atoms with Crippen LogP contribution in [0.1, 0.15) is 49.1 Å². The van der Waals surface area contributed by atoms with Crippen LogP contribution in [0.3, 0.4) is 0 Å². The standard InChI is InChI=1S/C25H33NO2/c27-25(22-12-6-2-7-13-22,23-14-8-3-9-15-23)24(21-10-4-1-5-11-21)20-26-16-18-28-19-17-26/h1-2,4-7,10-13,23-24,27H,3,8-9,14-20H2/t24-,25-/m1/s1. The summed E-state index contributed by atoms with van der Waals surface area (Å²) in [4.78, 5) is 2.47. The zero-order chi connectivity index (χ0) is 19.2. The SMILES string of the molecule is O[C@](c1ccccc1)(C1CCCCC1)[C@H](CN1CCOCC1)c1ccccc1. The van der Waals surface area contributed by atoms with Crippen LogP contribution in [-0.4, -0.2) is 42.9 Å². The Labute approximate surface area is 169 Å². The second-order valence-corrected chi connectivity index (χ2v) is 8.40. The lowest BCUT2D eigenvalue weighted by Gasteiger charge is -2.46. The number of hydrogen-bond acceptors (Lipinski definition) is 3. The predicted octanol–water partition coefficient (Wildman–Crippen LogP) is 4.57. The number of rotatable bonds is 6. The van der Waals surface area contributed by atoms with Crippen LogP contribution in [0, 0.1) is 5.92 Å². The van der Waals surface area contributed by atoms with Gasteiger partial charge in [0.15, 0.2) is 0 Å². The van der Waals surface area contributed by atoms with Crippen molar-refractivity contribution in [1.29, 1.82) is 0 Å². The normalized spacial score (nSPS) is 22.5. The second-order valence-electron chi connectivity index (χ2n) is 8.40. The maximum atomic E-state index is 12.5. The van der Waals surface area contributed by atoms with Gasteiger partial charge in [0.2, 0.25) is 0 Å². The van der Waals surface area contributed by atoms with E-state index in [9.17, 15) is 5.11 Å². The van der Waals surface area contributed by atoms with Crippen LogP contribution in [0.4, 0.5) is 0 Å². The minimum absolute atomic E-state index is 0.0531. The Balaban J connectivity index is 1.75. The van der Waals surface area contributed by atoms with Gasteiger partial charge in [-0.1, -0.05) is 79.9 Å². The van der Waals surface area contributed by atoms with Crippen LogP contribution in [-0.2, 0) is 10.3 Å². The van der Waals surface area contributed by atoms with Crippen molar-refractivity contribution in [2.24, 2.45) is 5.92 Å². The summed E-state index contributed by atoms with van der Waals surface area (Å²) in [5, 5.41) is 12.5. The molecule has 2 aromatic rings. The fourth-order valence-corrected chi connectivity index (χ4v) is 5.20. The van der Waals surface area contributed by atoms with Crippen molar-refractivity contribution in [3.8, 4) is 0 Å². The summed E-state index contributed by atoms with van der Waals surface area (Å²) in [5.74, 6) is 0.354. The highest BCUT2D eigenvalue weighted by Gasteiger charge is 2.46. The van der Waals surface area contributed by atoms with Crippen molar-refractivity contribution in [3.05, 3.63) is 71.8 Å². The van der Waals surface area contributed by atoms with E-state index in [1.807, 2.05) is 6.07 Å². The van der Waals surface area contributed by atoms with E-state index in [0.717, 1.165) is 51.3 Å². The van der Waals surface area contributed by atoms with E-state index in [-0.39, 0.29) is 5.92 Å². The lowest BCUT2D eigenvalue weighted by atomic mass is 9.65. The van der Waals surface area contributed by atoms with Crippen LogP contribution in [0.15, 0.2) is 60.7 Å². The third kappa shape index (κ3) is 4.17. The van der Waals surface area contributed by atoms with Crippen molar-refractivity contribution >= 4 is 0 Å². The molecule has 1 heterocycles. The van der Waals surface area contributed by atoms with Gasteiger partial charge in [-0.3, -0.25) is 4.90 Å². The molecule has 2 atom stereocenters. The molecule has 0 unspecified atom stereocenters. The van der Waals surface area contributed by atoms with Gasteiger partial charge < -0.3 is 9.84 Å². The molecule has 1 aliphatic heterocycles. The molecule has 3 heteroatoms. The van der Waals surface area contributed by atoms with E-state index in [0.29, 0.717) is 5.92 Å². The smallest absolute Gasteiger partial charge is 0.100 e. The van der Waals surface area contributed by atoms with E-state index >= 15 is 0 Å². The van der Waals surface area contributed by atoms with Crippen LogP contribution < -0.4 is 0 Å². The topological polar surface area (TPSA) is 32.7 Å². The molecule has 4 rings (SSSR count). The molecule has 1 saturated heterocycles. The van der Waals surface area contributed by atoms with Crippen molar-refractivity contribution in [2.45, 2.75) is 43.6 Å². The van der Waals surface area contributed by atoms with Crippen molar-refractivity contribution in [2.75, 3.05) is 32.8 Å². The van der Waals surface area contributed by atoms with Crippen molar-refractivity contribution in [1.82, 2.24) is 4.90 Å². The molecular weight excluding hydrogens is 346 g/mol. The lowest BCUT2D eigenvalue weighted by molar-refractivity contribution is -0.0758. The molecule has 150 valence electrons. The molecule has 1 N–H and O–H groups in total. The van der Waals surface area contributed by atoms with Gasteiger partial charge in [0.25, 0.3) is 0 Å². The maximum Gasteiger partial charge on any atom is 0.100 e. The Hall–Kier alpha value is -1.68. The van der Waals surface area contributed by atoms with Crippen LogP contribution >= 0.6 is 0 Å². The Morgan fingerprint density at radius 3 is 2.14 bits per heavy atom. The number of hydrogen-bond donors (Lipinski definition) is 1. The van der Waals surface area contributed by atoms with E-state index in [4.69, 9.17) is 4.74 Å². The monoisotopic (exact) mass is 379 g/mol. The third-order valence-corrected chi connectivity index (χ3v) is 6.74. The Bertz CT molecular complexity index is 708. The number of nitrogens with zero attached hydrogens (tertiary/aromatic N) is 1. The first kappa shape index (κ1) is 19.6. The molecule has 0 bridgehead atoms. The van der Waals surface area contributed by atoms with Gasteiger partial charge in [0.05, 0.1) is 13.2 Å². The van der Waals surface area contributed by atoms with E-state index in [2.05, 4.69) is 59.5 Å². The maximum absolute atomic E-state index is 12.5. The van der Waals surface area contributed by atoms with Gasteiger partial charge in [-0.05, 0) is 29.9 Å². The first-order valence-electron chi connectivity index (χ1n) is 10.9. The van der Waals surface area contributed by atoms with Crippen LogP contribution in [0.2, 0.25) is 0 Å². The zero-order valence-electron chi connectivity index (χ0n) is 16.8. The second kappa shape index (κ2) is 9.21. The summed E-state index contributed by atoms with van der Waals surface area (Å²) >= 11 is 0. The minimum atomic E-state index is -0.846. The molecule has 0 amide bonds. The Morgan fingerprint density at radius 1 is 0.893 bits per heavy atom. The minimum Gasteiger partial charge on any atom is -0.384 e. The van der Waals surface area contributed by atoms with Gasteiger partial charge in [0.1, 0.15) is 5.60 Å². The van der Waals surface area contributed by atoms with Gasteiger partial charge in [-0.15, -0.1) is 0 Å². The number of ether oxygens (including phenoxy) is 1. The highest BCUT2D eigenvalue weighted by Crippen LogP contribution is 2.48. The molecule has 28 heavy (non-hydrogen) atoms. The first-order valence-corrected chi connectivity index (χ1v) is 10.9. The summed E-state index contributed by atoms with van der Waals surface area (Å²) in [5.41, 5.74) is 1.47. The molecule has 2 aliphatic rings. The van der Waals surface area contributed by atoms with Crippen molar-refractivity contribution in [3.63, 3.8) is 0 Å². The summed E-state index contributed by atoms with van der Waals surface area (Å²) in [6.07, 6.45) is 5.95. The van der Waals surface area contributed by atoms with Gasteiger partial charge in [-0.25, -0.2) is 0 Å². The average Bonchev–Trinajstić information content (AvgIpc) is 2.79. The molecule has 1 saturated carbocycles. The highest BCUT2D eigenvalue weighted by molar-refractivity contribution is 5.33. The van der Waals surface area contributed by atoms with Gasteiger partial charge in [-0.2, -0.15) is 0 Å². The fraction of sp³-hybridized carbons (Fsp3) is 0.520. The summed E-state index contributed by atoms with van der Waals surface area (Å²) in [6.45, 7) is 4.33. The van der Waals surface area contributed by atoms with Crippen LogP contribution in [0.25, 0.3) is 0 Å². The summed E-state index contributed by atoms with van der Waals surface area (Å²) in [7, 11) is 0. The Morgan fingerprint density at radius 2 is 1.50 bits per heavy atom. The molecule has 2 fully saturated rings. The summed E-state index contributed by atoms with van der Waals surface area (Å²) < 4.78 is 5.57. The van der Waals surface area contributed by atoms with Crippen molar-refractivity contribution < 1.29 is 9.84 Å². The van der Waals surface area contributed by atoms with E-state index in [1.54, 1.807) is 0 Å². The third-order valence-electron chi connectivity index (χ3n) is 6.74. The lowest BCUT2D eigenvalue weighted by Crippen LogP contribution is -2.48. The predicted molar refractivity (Wildman–Crippen MR) is 113 cm³/mol. The molecule has 0 radical (unpaired) electrons. The van der Waals surface area contributed by atoms with E-state index in [1.165, 1.54) is 24.8 Å². The molecule has 0 spiro atoms. The quantitative estimate of drug-likeness (QED) is 0.798. The number of aliphatic hydroxyl groups is 1. The number of benzene rings is 2. The van der Waals surface area contributed by atoms with E-state index < -0.39 is 5.60 Å². The van der Waals surface area contributed by atoms with Gasteiger partial charge >= 0.3 is 0 Å². The number of morpholine rings is 1. The highest BCUT2D eigenvalue weighted by atomic mass is 16.5. The average molecular weight is 380 g/mol. The molecule has 1 aliphatic carbocycles. The molecule has 2 aromatic carbocycles. The molecular formula is C25H33NO2. The molecule has 3 nitrogen and oxygen atoms in total. The first-order chi connectivity index (χ1) is 13.8. The fourth-order valence-electron chi connectivity index (χ4n) is 5.20. The molecule has 0 aromatic heterocycles. The van der Waals surface area contributed by atoms with Gasteiger partial charge in [0, 0.05) is 25.6 Å². The zero-order valence-corrected chi connectivity index (χ0v) is 16.8.